The normalized spacial score (nSPS) is 20.8. The number of nitrogens with one attached hydrogen (secondary N) is 1. The number of piperidine rings is 1. The first-order chi connectivity index (χ1) is 7.68. The molecule has 0 aliphatic carbocycles. The van der Waals surface area contributed by atoms with Gasteiger partial charge in [0.05, 0.1) is 0 Å². The molecule has 86 valence electrons. The molecule has 0 aromatic carbocycles. The van der Waals surface area contributed by atoms with Crippen molar-refractivity contribution in [2.24, 2.45) is 5.73 Å². The van der Waals surface area contributed by atoms with Crippen LogP contribution in [0.4, 0.5) is 0 Å². The molecule has 0 radical (unpaired) electrons. The molecule has 5 heteroatoms. The van der Waals surface area contributed by atoms with Crippen molar-refractivity contribution in [3.63, 3.8) is 0 Å². The standard InChI is InChI=1S/C11H15N3O2/c12-8-3-2-6-14(7-8)11(16)9-4-1-5-13-10(9)15/h1,4-5,8H,2-3,6-7,12H2,(H,13,15)/t8-/m0/s1. The van der Waals surface area contributed by atoms with Crippen LogP contribution in [0.25, 0.3) is 0 Å². The van der Waals surface area contributed by atoms with E-state index in [1.54, 1.807) is 17.0 Å². The first-order valence-corrected chi connectivity index (χ1v) is 5.41. The van der Waals surface area contributed by atoms with E-state index < -0.39 is 0 Å². The third kappa shape index (κ3) is 2.14. The van der Waals surface area contributed by atoms with Gasteiger partial charge in [0, 0.05) is 25.3 Å². The molecule has 0 spiro atoms. The third-order valence-electron chi connectivity index (χ3n) is 2.79. The van der Waals surface area contributed by atoms with Crippen LogP contribution < -0.4 is 11.3 Å². The predicted octanol–water partition coefficient (Wildman–Crippen LogP) is -0.0618. The Kier molecular flexibility index (Phi) is 3.05. The Balaban J connectivity index is 2.19. The summed E-state index contributed by atoms with van der Waals surface area (Å²) in [5.74, 6) is -0.225. The van der Waals surface area contributed by atoms with Gasteiger partial charge < -0.3 is 15.6 Å². The fourth-order valence-corrected chi connectivity index (χ4v) is 1.95. The highest BCUT2D eigenvalue weighted by atomic mass is 16.2. The van der Waals surface area contributed by atoms with Crippen LogP contribution in [0.3, 0.4) is 0 Å². The van der Waals surface area contributed by atoms with Crippen LogP contribution in [-0.4, -0.2) is 34.9 Å². The molecule has 1 aliphatic heterocycles. The van der Waals surface area contributed by atoms with E-state index in [1.807, 2.05) is 0 Å². The van der Waals surface area contributed by atoms with E-state index in [0.717, 1.165) is 12.8 Å². The molecule has 0 saturated carbocycles. The SMILES string of the molecule is N[C@H]1CCCN(C(=O)c2ccc[nH]c2=O)C1. The van der Waals surface area contributed by atoms with E-state index in [1.165, 1.54) is 6.20 Å². The lowest BCUT2D eigenvalue weighted by molar-refractivity contribution is 0.0707. The number of hydrogen-bond acceptors (Lipinski definition) is 3. The number of nitrogens with two attached hydrogens (primary N) is 1. The lowest BCUT2D eigenvalue weighted by Gasteiger charge is -2.30. The van der Waals surface area contributed by atoms with E-state index in [0.29, 0.717) is 13.1 Å². The second-order valence-corrected chi connectivity index (χ2v) is 4.07. The molecule has 16 heavy (non-hydrogen) atoms. The van der Waals surface area contributed by atoms with Crippen LogP contribution in [0.15, 0.2) is 23.1 Å². The fourth-order valence-electron chi connectivity index (χ4n) is 1.95. The summed E-state index contributed by atoms with van der Waals surface area (Å²) in [5, 5.41) is 0. The molecule has 5 nitrogen and oxygen atoms in total. The highest BCUT2D eigenvalue weighted by Crippen LogP contribution is 2.10. The summed E-state index contributed by atoms with van der Waals surface area (Å²) in [4.78, 5) is 27.6. The van der Waals surface area contributed by atoms with Crippen molar-refractivity contribution in [2.45, 2.75) is 18.9 Å². The minimum Gasteiger partial charge on any atom is -0.337 e. The maximum atomic E-state index is 12.0. The summed E-state index contributed by atoms with van der Waals surface area (Å²) in [6, 6.07) is 3.22. The zero-order valence-corrected chi connectivity index (χ0v) is 8.98. The minimum atomic E-state index is -0.341. The molecule has 1 aromatic rings. The number of aromatic nitrogens is 1. The number of amides is 1. The molecule has 3 N–H and O–H groups in total. The smallest absolute Gasteiger partial charge is 0.260 e. The molecular formula is C11H15N3O2. The van der Waals surface area contributed by atoms with Crippen molar-refractivity contribution >= 4 is 5.91 Å². The molecule has 1 aliphatic rings. The lowest BCUT2D eigenvalue weighted by Crippen LogP contribution is -2.46. The Labute approximate surface area is 93.3 Å². The van der Waals surface area contributed by atoms with Gasteiger partial charge >= 0.3 is 0 Å². The summed E-state index contributed by atoms with van der Waals surface area (Å²) in [5.41, 5.74) is 5.65. The minimum absolute atomic E-state index is 0.0282. The Hall–Kier alpha value is -1.62. The van der Waals surface area contributed by atoms with Crippen molar-refractivity contribution in [1.82, 2.24) is 9.88 Å². The van der Waals surface area contributed by atoms with Crippen LogP contribution in [0.2, 0.25) is 0 Å². The predicted molar refractivity (Wildman–Crippen MR) is 60.2 cm³/mol. The van der Waals surface area contributed by atoms with Crippen LogP contribution in [0.1, 0.15) is 23.2 Å². The highest BCUT2D eigenvalue weighted by molar-refractivity contribution is 5.93. The Morgan fingerprint density at radius 2 is 2.38 bits per heavy atom. The largest absolute Gasteiger partial charge is 0.337 e. The number of pyridine rings is 1. The quantitative estimate of drug-likeness (QED) is 0.697. The van der Waals surface area contributed by atoms with E-state index in [9.17, 15) is 9.59 Å². The van der Waals surface area contributed by atoms with Crippen LogP contribution >= 0.6 is 0 Å². The second kappa shape index (κ2) is 4.49. The molecule has 0 unspecified atom stereocenters. The van der Waals surface area contributed by atoms with Crippen LogP contribution in [0, 0.1) is 0 Å². The Bertz CT molecular complexity index is 441. The second-order valence-electron chi connectivity index (χ2n) is 4.07. The lowest BCUT2D eigenvalue weighted by atomic mass is 10.1. The first kappa shape index (κ1) is 10.9. The topological polar surface area (TPSA) is 79.2 Å². The molecule has 1 atom stereocenters. The van der Waals surface area contributed by atoms with Crippen molar-refractivity contribution in [1.29, 1.82) is 0 Å². The summed E-state index contributed by atoms with van der Waals surface area (Å²) < 4.78 is 0. The average molecular weight is 221 g/mol. The van der Waals surface area contributed by atoms with Gasteiger partial charge in [-0.3, -0.25) is 9.59 Å². The van der Waals surface area contributed by atoms with Crippen LogP contribution in [-0.2, 0) is 0 Å². The van der Waals surface area contributed by atoms with Crippen molar-refractivity contribution in [3.05, 3.63) is 34.2 Å². The number of H-pyrrole nitrogens is 1. The number of rotatable bonds is 1. The third-order valence-corrected chi connectivity index (χ3v) is 2.79. The molecule has 1 amide bonds. The number of nitrogens with zero attached hydrogens (tertiary/aromatic N) is 1. The fraction of sp³-hybridized carbons (Fsp3) is 0.455. The van der Waals surface area contributed by atoms with E-state index in [2.05, 4.69) is 4.98 Å². The van der Waals surface area contributed by atoms with Gasteiger partial charge in [-0.05, 0) is 25.0 Å². The van der Waals surface area contributed by atoms with Crippen molar-refractivity contribution < 1.29 is 4.79 Å². The van der Waals surface area contributed by atoms with Gasteiger partial charge in [-0.25, -0.2) is 0 Å². The van der Waals surface area contributed by atoms with Gasteiger partial charge in [-0.15, -0.1) is 0 Å². The van der Waals surface area contributed by atoms with Gasteiger partial charge in [0.2, 0.25) is 0 Å². The number of carbonyl (C=O) groups is 1. The van der Waals surface area contributed by atoms with E-state index in [4.69, 9.17) is 5.73 Å². The molecule has 1 fully saturated rings. The molecule has 1 saturated heterocycles. The number of aromatic amines is 1. The zero-order valence-electron chi connectivity index (χ0n) is 8.98. The summed E-state index contributed by atoms with van der Waals surface area (Å²) in [7, 11) is 0. The number of hydrogen-bond donors (Lipinski definition) is 2. The van der Waals surface area contributed by atoms with E-state index >= 15 is 0 Å². The molecule has 0 bridgehead atoms. The number of carbonyl (C=O) groups excluding carboxylic acids is 1. The van der Waals surface area contributed by atoms with Gasteiger partial charge in [0.1, 0.15) is 5.56 Å². The van der Waals surface area contributed by atoms with Gasteiger partial charge in [0.25, 0.3) is 11.5 Å². The zero-order chi connectivity index (χ0) is 11.5. The highest BCUT2D eigenvalue weighted by Gasteiger charge is 2.23. The molecule has 2 heterocycles. The monoisotopic (exact) mass is 221 g/mol. The Morgan fingerprint density at radius 1 is 1.56 bits per heavy atom. The maximum Gasteiger partial charge on any atom is 0.260 e. The summed E-state index contributed by atoms with van der Waals surface area (Å²) in [6.45, 7) is 1.22. The average Bonchev–Trinajstić information content (AvgIpc) is 2.29. The van der Waals surface area contributed by atoms with E-state index in [-0.39, 0.29) is 23.1 Å². The van der Waals surface area contributed by atoms with Gasteiger partial charge in [-0.1, -0.05) is 0 Å². The summed E-state index contributed by atoms with van der Waals surface area (Å²) >= 11 is 0. The number of likely N-dealkylation sites (tertiary alicyclic amines) is 1. The molecular weight excluding hydrogens is 206 g/mol. The van der Waals surface area contributed by atoms with Gasteiger partial charge in [0.15, 0.2) is 0 Å². The Morgan fingerprint density at radius 3 is 3.06 bits per heavy atom. The summed E-state index contributed by atoms with van der Waals surface area (Å²) in [6.07, 6.45) is 3.35. The van der Waals surface area contributed by atoms with Crippen LogP contribution in [0.5, 0.6) is 0 Å². The van der Waals surface area contributed by atoms with Crippen molar-refractivity contribution in [3.8, 4) is 0 Å². The maximum absolute atomic E-state index is 12.0. The van der Waals surface area contributed by atoms with Crippen molar-refractivity contribution in [2.75, 3.05) is 13.1 Å². The molecule has 1 aromatic heterocycles. The first-order valence-electron chi connectivity index (χ1n) is 5.41. The van der Waals surface area contributed by atoms with Gasteiger partial charge in [-0.2, -0.15) is 0 Å². The molecule has 2 rings (SSSR count).